The van der Waals surface area contributed by atoms with Crippen LogP contribution in [0.15, 0.2) is 72.8 Å². The highest BCUT2D eigenvalue weighted by atomic mass is 19.1. The normalized spacial score (nSPS) is 11.1. The summed E-state index contributed by atoms with van der Waals surface area (Å²) in [5.41, 5.74) is 3.46. The Morgan fingerprint density at radius 2 is 1.33 bits per heavy atom. The monoisotopic (exact) mass is 318 g/mol. The Labute approximate surface area is 139 Å². The van der Waals surface area contributed by atoms with E-state index in [1.807, 2.05) is 24.3 Å². The number of nitrogens with zero attached hydrogens (tertiary/aromatic N) is 1. The van der Waals surface area contributed by atoms with Crippen LogP contribution in [-0.4, -0.2) is 0 Å². The molecule has 0 aliphatic rings. The van der Waals surface area contributed by atoms with Gasteiger partial charge in [-0.15, -0.1) is 0 Å². The first kappa shape index (κ1) is 14.6. The number of para-hydroxylation sites is 2. The van der Waals surface area contributed by atoms with E-state index in [1.165, 1.54) is 22.9 Å². The summed E-state index contributed by atoms with van der Waals surface area (Å²) >= 11 is 0. The molecule has 2 nitrogen and oxygen atoms in total. The van der Waals surface area contributed by atoms with E-state index in [1.54, 1.807) is 12.1 Å². The predicted octanol–water partition coefficient (Wildman–Crippen LogP) is 4.54. The van der Waals surface area contributed by atoms with Crippen LogP contribution < -0.4 is 9.30 Å². The fourth-order valence-electron chi connectivity index (χ4n) is 3.16. The summed E-state index contributed by atoms with van der Waals surface area (Å²) in [5.74, 6) is 0.405. The van der Waals surface area contributed by atoms with Crippen LogP contribution in [0.25, 0.3) is 21.8 Å². The van der Waals surface area contributed by atoms with Crippen LogP contribution in [0.4, 0.5) is 4.39 Å². The topological polar surface area (TPSA) is 13.1 Å². The highest BCUT2D eigenvalue weighted by molar-refractivity contribution is 5.93. The van der Waals surface area contributed by atoms with Crippen LogP contribution in [0.5, 0.6) is 5.75 Å². The predicted molar refractivity (Wildman–Crippen MR) is 93.4 cm³/mol. The molecule has 0 fully saturated rings. The molecule has 3 aromatic carbocycles. The number of aromatic nitrogens is 1. The second-order valence-corrected chi connectivity index (χ2v) is 5.81. The zero-order valence-corrected chi connectivity index (χ0v) is 13.4. The van der Waals surface area contributed by atoms with Crippen molar-refractivity contribution in [2.24, 2.45) is 7.05 Å². The van der Waals surface area contributed by atoms with Gasteiger partial charge < -0.3 is 4.74 Å². The summed E-state index contributed by atoms with van der Waals surface area (Å²) in [5, 5.41) is 2.33. The second-order valence-electron chi connectivity index (χ2n) is 5.81. The minimum absolute atomic E-state index is 0.259. The van der Waals surface area contributed by atoms with Gasteiger partial charge in [0.15, 0.2) is 0 Å². The van der Waals surface area contributed by atoms with Crippen molar-refractivity contribution < 1.29 is 13.7 Å². The van der Waals surface area contributed by atoms with Crippen LogP contribution >= 0.6 is 0 Å². The van der Waals surface area contributed by atoms with E-state index in [0.29, 0.717) is 12.4 Å². The lowest BCUT2D eigenvalue weighted by atomic mass is 10.0. The molecule has 4 aromatic rings. The number of ether oxygens (including phenoxy) is 1. The molecule has 0 saturated carbocycles. The molecule has 118 valence electrons. The number of pyridine rings is 1. The second kappa shape index (κ2) is 5.93. The van der Waals surface area contributed by atoms with Gasteiger partial charge >= 0.3 is 0 Å². The lowest BCUT2D eigenvalue weighted by Gasteiger charge is -2.11. The standard InChI is InChI=1S/C21H17FNO/c1-23-20-8-4-2-6-17(20)19(18-7-3-5-9-21(18)23)14-24-16-12-10-15(22)11-13-16/h2-13H,14H2,1H3/q+1. The average Bonchev–Trinajstić information content (AvgIpc) is 2.63. The van der Waals surface area contributed by atoms with Crippen molar-refractivity contribution in [2.75, 3.05) is 0 Å². The Hall–Kier alpha value is -2.94. The lowest BCUT2D eigenvalue weighted by Crippen LogP contribution is -2.30. The van der Waals surface area contributed by atoms with Gasteiger partial charge in [-0.3, -0.25) is 0 Å². The van der Waals surface area contributed by atoms with Gasteiger partial charge in [-0.2, -0.15) is 4.57 Å². The van der Waals surface area contributed by atoms with E-state index in [0.717, 1.165) is 16.6 Å². The van der Waals surface area contributed by atoms with Crippen LogP contribution in [0, 0.1) is 5.82 Å². The molecule has 3 heteroatoms. The fourth-order valence-corrected chi connectivity index (χ4v) is 3.16. The SMILES string of the molecule is C[n+]1c2ccccc2c(COc2ccc(F)cc2)c2ccccc21. The number of benzene rings is 3. The molecule has 0 aliphatic carbocycles. The Morgan fingerprint density at radius 1 is 0.792 bits per heavy atom. The van der Waals surface area contributed by atoms with Crippen molar-refractivity contribution in [2.45, 2.75) is 6.61 Å². The number of aryl methyl sites for hydroxylation is 1. The highest BCUT2D eigenvalue weighted by Crippen LogP contribution is 2.26. The van der Waals surface area contributed by atoms with Crippen molar-refractivity contribution in [3.63, 3.8) is 0 Å². The Kier molecular flexibility index (Phi) is 3.62. The molecule has 0 bridgehead atoms. The number of hydrogen-bond donors (Lipinski definition) is 0. The molecule has 4 rings (SSSR count). The zero-order chi connectivity index (χ0) is 16.5. The van der Waals surface area contributed by atoms with E-state index in [4.69, 9.17) is 4.74 Å². The first-order chi connectivity index (χ1) is 11.7. The summed E-state index contributed by atoms with van der Waals surface area (Å²) in [4.78, 5) is 0. The number of rotatable bonds is 3. The third-order valence-corrected chi connectivity index (χ3v) is 4.38. The molecular formula is C21H17FNO+. The third-order valence-electron chi connectivity index (χ3n) is 4.38. The molecule has 0 aliphatic heterocycles. The molecule has 0 amide bonds. The minimum atomic E-state index is -0.259. The van der Waals surface area contributed by atoms with Crippen LogP contribution in [0.2, 0.25) is 0 Å². The van der Waals surface area contributed by atoms with Gasteiger partial charge in [0.2, 0.25) is 11.0 Å². The molecule has 1 aromatic heterocycles. The maximum absolute atomic E-state index is 13.1. The first-order valence-electron chi connectivity index (χ1n) is 7.91. The smallest absolute Gasteiger partial charge is 0.213 e. The maximum Gasteiger partial charge on any atom is 0.213 e. The van der Waals surface area contributed by atoms with Gasteiger partial charge in [0, 0.05) is 17.7 Å². The van der Waals surface area contributed by atoms with Gasteiger partial charge in [-0.25, -0.2) is 4.39 Å². The maximum atomic E-state index is 13.1. The Morgan fingerprint density at radius 3 is 1.92 bits per heavy atom. The van der Waals surface area contributed by atoms with E-state index in [2.05, 4.69) is 35.9 Å². The molecule has 0 radical (unpaired) electrons. The van der Waals surface area contributed by atoms with Gasteiger partial charge in [-0.05, 0) is 36.4 Å². The van der Waals surface area contributed by atoms with Gasteiger partial charge in [0.05, 0.1) is 10.8 Å². The number of fused-ring (bicyclic) bond motifs is 2. The number of hydrogen-bond acceptors (Lipinski definition) is 1. The molecule has 0 atom stereocenters. The molecule has 0 saturated heterocycles. The van der Waals surface area contributed by atoms with E-state index < -0.39 is 0 Å². The quantitative estimate of drug-likeness (QED) is 0.399. The third kappa shape index (κ3) is 2.48. The summed E-state index contributed by atoms with van der Waals surface area (Å²) in [6.07, 6.45) is 0. The largest absolute Gasteiger partial charge is 0.489 e. The summed E-state index contributed by atoms with van der Waals surface area (Å²) in [6.45, 7) is 0.438. The lowest BCUT2D eigenvalue weighted by molar-refractivity contribution is -0.617. The first-order valence-corrected chi connectivity index (χ1v) is 7.91. The van der Waals surface area contributed by atoms with Gasteiger partial charge in [-0.1, -0.05) is 24.3 Å². The van der Waals surface area contributed by atoms with Crippen molar-refractivity contribution in [1.82, 2.24) is 0 Å². The summed E-state index contributed by atoms with van der Waals surface area (Å²) in [7, 11) is 2.08. The Bertz CT molecular complexity index is 968. The molecule has 1 heterocycles. The van der Waals surface area contributed by atoms with Gasteiger partial charge in [0.1, 0.15) is 25.2 Å². The van der Waals surface area contributed by atoms with Crippen LogP contribution in [0.3, 0.4) is 0 Å². The van der Waals surface area contributed by atoms with Crippen LogP contribution in [-0.2, 0) is 13.7 Å². The van der Waals surface area contributed by atoms with Gasteiger partial charge in [0.25, 0.3) is 0 Å². The molecule has 24 heavy (non-hydrogen) atoms. The summed E-state index contributed by atoms with van der Waals surface area (Å²) < 4.78 is 21.2. The summed E-state index contributed by atoms with van der Waals surface area (Å²) in [6, 6.07) is 22.8. The minimum Gasteiger partial charge on any atom is -0.489 e. The average molecular weight is 318 g/mol. The molecule has 0 spiro atoms. The van der Waals surface area contributed by atoms with E-state index >= 15 is 0 Å². The fraction of sp³-hybridized carbons (Fsp3) is 0.0952. The van der Waals surface area contributed by atoms with E-state index in [-0.39, 0.29) is 5.82 Å². The van der Waals surface area contributed by atoms with E-state index in [9.17, 15) is 4.39 Å². The van der Waals surface area contributed by atoms with Crippen molar-refractivity contribution >= 4 is 21.8 Å². The Balaban J connectivity index is 1.85. The highest BCUT2D eigenvalue weighted by Gasteiger charge is 2.17. The molecular weight excluding hydrogens is 301 g/mol. The van der Waals surface area contributed by atoms with Crippen LogP contribution in [0.1, 0.15) is 5.56 Å². The molecule has 0 N–H and O–H groups in total. The molecule has 0 unspecified atom stereocenters. The number of halogens is 1. The zero-order valence-electron chi connectivity index (χ0n) is 13.4. The van der Waals surface area contributed by atoms with Crippen molar-refractivity contribution in [3.8, 4) is 5.75 Å². The van der Waals surface area contributed by atoms with Crippen molar-refractivity contribution in [3.05, 3.63) is 84.2 Å². The van der Waals surface area contributed by atoms with Crippen molar-refractivity contribution in [1.29, 1.82) is 0 Å².